The summed E-state index contributed by atoms with van der Waals surface area (Å²) >= 11 is 0. The number of fused-ring (bicyclic) bond motifs is 3. The zero-order chi connectivity index (χ0) is 24.0. The first-order valence-electron chi connectivity index (χ1n) is 10.8. The van der Waals surface area contributed by atoms with Gasteiger partial charge >= 0.3 is 0 Å². The predicted octanol–water partition coefficient (Wildman–Crippen LogP) is 4.99. The minimum absolute atomic E-state index is 0.00751. The van der Waals surface area contributed by atoms with Crippen molar-refractivity contribution in [2.75, 3.05) is 0 Å². The third-order valence-corrected chi connectivity index (χ3v) is 7.67. The van der Waals surface area contributed by atoms with E-state index in [1.165, 1.54) is 6.07 Å². The first-order valence-corrected chi connectivity index (χ1v) is 10.8. The average Bonchev–Trinajstić information content (AvgIpc) is 2.63. The predicted molar refractivity (Wildman–Crippen MR) is 123 cm³/mol. The van der Waals surface area contributed by atoms with Crippen molar-refractivity contribution in [1.82, 2.24) is 0 Å². The SMILES string of the molecule is C=C(C)C1=C(C)C[C@@]2(C)C[C@@]3(C)Cc4c(C(=C)C)ccc(O)c4C(=O)C3=C(O)[C@@]2(O)C1=O. The van der Waals surface area contributed by atoms with Crippen LogP contribution in [-0.4, -0.2) is 32.5 Å². The average molecular weight is 435 g/mol. The summed E-state index contributed by atoms with van der Waals surface area (Å²) in [4.78, 5) is 27.3. The molecule has 0 bridgehead atoms. The van der Waals surface area contributed by atoms with Crippen LogP contribution in [0.1, 0.15) is 68.9 Å². The summed E-state index contributed by atoms with van der Waals surface area (Å²) < 4.78 is 0. The van der Waals surface area contributed by atoms with Crippen LogP contribution in [0.15, 0.2) is 53.3 Å². The van der Waals surface area contributed by atoms with Crippen molar-refractivity contribution < 1.29 is 24.9 Å². The molecule has 4 rings (SSSR count). The molecule has 0 aromatic heterocycles. The normalized spacial score (nSPS) is 31.8. The van der Waals surface area contributed by atoms with E-state index in [0.717, 1.165) is 16.7 Å². The van der Waals surface area contributed by atoms with Gasteiger partial charge in [-0.25, -0.2) is 0 Å². The number of aromatic hydroxyl groups is 1. The Hall–Kier alpha value is -2.92. The zero-order valence-corrected chi connectivity index (χ0v) is 19.3. The van der Waals surface area contributed by atoms with Crippen molar-refractivity contribution in [1.29, 1.82) is 0 Å². The lowest BCUT2D eigenvalue weighted by Crippen LogP contribution is -2.63. The Labute approximate surface area is 188 Å². The van der Waals surface area contributed by atoms with E-state index in [0.29, 0.717) is 36.0 Å². The van der Waals surface area contributed by atoms with Gasteiger partial charge in [0.2, 0.25) is 5.78 Å². The molecule has 0 saturated heterocycles. The van der Waals surface area contributed by atoms with E-state index in [1.54, 1.807) is 19.9 Å². The number of ketones is 2. The molecule has 3 atom stereocenters. The number of carbonyl (C=O) groups is 2. The van der Waals surface area contributed by atoms with Gasteiger partial charge in [0.15, 0.2) is 11.4 Å². The van der Waals surface area contributed by atoms with E-state index in [1.807, 2.05) is 20.8 Å². The monoisotopic (exact) mass is 434 g/mol. The number of aliphatic hydroxyl groups is 2. The molecule has 168 valence electrons. The summed E-state index contributed by atoms with van der Waals surface area (Å²) in [5.41, 5.74) is -0.0608. The van der Waals surface area contributed by atoms with Crippen molar-refractivity contribution in [2.45, 2.75) is 59.5 Å². The fraction of sp³-hybridized carbons (Fsp3) is 0.407. The summed E-state index contributed by atoms with van der Waals surface area (Å²) in [7, 11) is 0. The molecule has 0 aliphatic heterocycles. The molecular weight excluding hydrogens is 404 g/mol. The van der Waals surface area contributed by atoms with Crippen molar-refractivity contribution in [3.8, 4) is 5.75 Å². The standard InChI is InChI=1S/C27H30O5/c1-13(2)16-8-9-18(28)20-17(16)11-25(6)12-26(7)10-15(5)19(14(3)4)23(30)27(26,32)24(31)21(25)22(20)29/h8-9,28,31-32H,1,3,10-12H2,2,4-7H3/t25-,26+,27+/m1/s1. The topological polar surface area (TPSA) is 94.8 Å². The molecule has 5 heteroatoms. The van der Waals surface area contributed by atoms with Gasteiger partial charge in [-0.3, -0.25) is 9.59 Å². The van der Waals surface area contributed by atoms with Gasteiger partial charge in [-0.2, -0.15) is 0 Å². The lowest BCUT2D eigenvalue weighted by molar-refractivity contribution is -0.156. The van der Waals surface area contributed by atoms with E-state index in [9.17, 15) is 24.9 Å². The van der Waals surface area contributed by atoms with E-state index in [-0.39, 0.29) is 16.9 Å². The molecule has 0 saturated carbocycles. The molecule has 32 heavy (non-hydrogen) atoms. The number of carbonyl (C=O) groups excluding carboxylic acids is 2. The maximum absolute atomic E-state index is 13.7. The highest BCUT2D eigenvalue weighted by molar-refractivity contribution is 6.17. The molecule has 0 heterocycles. The molecule has 5 nitrogen and oxygen atoms in total. The van der Waals surface area contributed by atoms with Crippen LogP contribution in [0.25, 0.3) is 5.57 Å². The maximum Gasteiger partial charge on any atom is 0.202 e. The molecular formula is C27H30O5. The Bertz CT molecular complexity index is 1210. The van der Waals surface area contributed by atoms with Crippen LogP contribution in [0.3, 0.4) is 0 Å². The molecule has 0 spiro atoms. The Balaban J connectivity index is 2.04. The summed E-state index contributed by atoms with van der Waals surface area (Å²) in [6.45, 7) is 17.0. The summed E-state index contributed by atoms with van der Waals surface area (Å²) in [6.07, 6.45) is 1.08. The highest BCUT2D eigenvalue weighted by Crippen LogP contribution is 2.62. The number of phenolic OH excluding ortho intramolecular Hbond substituents is 1. The fourth-order valence-corrected chi connectivity index (χ4v) is 6.53. The third kappa shape index (κ3) is 2.54. The minimum atomic E-state index is -2.23. The number of phenols is 1. The number of hydrogen-bond acceptors (Lipinski definition) is 5. The number of allylic oxidation sites excluding steroid dienone is 4. The highest BCUT2D eigenvalue weighted by atomic mass is 16.3. The third-order valence-electron chi connectivity index (χ3n) is 7.67. The number of benzene rings is 1. The van der Waals surface area contributed by atoms with Crippen molar-refractivity contribution >= 4 is 17.1 Å². The fourth-order valence-electron chi connectivity index (χ4n) is 6.53. The van der Waals surface area contributed by atoms with Gasteiger partial charge in [-0.05, 0) is 62.8 Å². The van der Waals surface area contributed by atoms with Crippen molar-refractivity contribution in [3.05, 3.63) is 70.0 Å². The lowest BCUT2D eigenvalue weighted by atomic mass is 9.47. The lowest BCUT2D eigenvalue weighted by Gasteiger charge is -2.56. The summed E-state index contributed by atoms with van der Waals surface area (Å²) in [5, 5.41) is 33.8. The van der Waals surface area contributed by atoms with Crippen LogP contribution >= 0.6 is 0 Å². The molecule has 0 unspecified atom stereocenters. The van der Waals surface area contributed by atoms with Crippen LogP contribution < -0.4 is 0 Å². The Morgan fingerprint density at radius 3 is 2.22 bits per heavy atom. The molecule has 3 aliphatic rings. The smallest absolute Gasteiger partial charge is 0.202 e. The maximum atomic E-state index is 13.7. The molecule has 1 aromatic rings. The molecule has 1 aromatic carbocycles. The van der Waals surface area contributed by atoms with Gasteiger partial charge in [0, 0.05) is 22.0 Å². The Morgan fingerprint density at radius 2 is 1.66 bits per heavy atom. The van der Waals surface area contributed by atoms with E-state index >= 15 is 0 Å². The zero-order valence-electron chi connectivity index (χ0n) is 19.3. The van der Waals surface area contributed by atoms with Crippen LogP contribution in [0.2, 0.25) is 0 Å². The Morgan fingerprint density at radius 1 is 1.03 bits per heavy atom. The molecule has 3 aliphatic carbocycles. The number of Topliss-reactive ketones (excluding diaryl/α,β-unsaturated/α-hetero) is 2. The molecule has 0 amide bonds. The van der Waals surface area contributed by atoms with Gasteiger partial charge in [0.05, 0.1) is 5.56 Å². The Kier molecular flexibility index (Phi) is 4.56. The first-order chi connectivity index (χ1) is 14.7. The first kappa shape index (κ1) is 22.3. The molecule has 3 N–H and O–H groups in total. The largest absolute Gasteiger partial charge is 0.508 e. The number of aliphatic hydroxyl groups excluding tert-OH is 1. The second-order valence-corrected chi connectivity index (χ2v) is 10.4. The number of hydrogen-bond donors (Lipinski definition) is 3. The van der Waals surface area contributed by atoms with Crippen LogP contribution in [0, 0.1) is 10.8 Å². The quantitative estimate of drug-likeness (QED) is 0.610. The second-order valence-electron chi connectivity index (χ2n) is 10.4. The van der Waals surface area contributed by atoms with Gasteiger partial charge in [0.25, 0.3) is 0 Å². The van der Waals surface area contributed by atoms with Crippen LogP contribution in [0.4, 0.5) is 0 Å². The minimum Gasteiger partial charge on any atom is -0.508 e. The molecule has 0 radical (unpaired) electrons. The number of rotatable bonds is 2. The summed E-state index contributed by atoms with van der Waals surface area (Å²) in [6, 6.07) is 3.19. The van der Waals surface area contributed by atoms with E-state index in [4.69, 9.17) is 0 Å². The molecule has 0 fully saturated rings. The van der Waals surface area contributed by atoms with Gasteiger partial charge in [-0.15, -0.1) is 0 Å². The van der Waals surface area contributed by atoms with Crippen molar-refractivity contribution in [3.63, 3.8) is 0 Å². The van der Waals surface area contributed by atoms with E-state index in [2.05, 4.69) is 13.2 Å². The van der Waals surface area contributed by atoms with Gasteiger partial charge < -0.3 is 15.3 Å². The summed E-state index contributed by atoms with van der Waals surface area (Å²) in [5.74, 6) is -1.97. The van der Waals surface area contributed by atoms with Gasteiger partial charge in [0.1, 0.15) is 11.5 Å². The second kappa shape index (κ2) is 6.55. The highest BCUT2D eigenvalue weighted by Gasteiger charge is 2.66. The van der Waals surface area contributed by atoms with Crippen LogP contribution in [-0.2, 0) is 11.2 Å². The van der Waals surface area contributed by atoms with Gasteiger partial charge in [-0.1, -0.05) is 44.2 Å². The van der Waals surface area contributed by atoms with E-state index < -0.39 is 33.8 Å². The van der Waals surface area contributed by atoms with Crippen molar-refractivity contribution in [2.24, 2.45) is 10.8 Å². The van der Waals surface area contributed by atoms with Crippen LogP contribution in [0.5, 0.6) is 5.75 Å².